The van der Waals surface area contributed by atoms with Crippen molar-refractivity contribution >= 4 is 23.2 Å². The number of methoxy groups -OCH3 is 1. The molecule has 2 N–H and O–H groups in total. The van der Waals surface area contributed by atoms with Crippen LogP contribution in [0.3, 0.4) is 0 Å². The number of phenols is 1. The van der Waals surface area contributed by atoms with Gasteiger partial charge in [0.1, 0.15) is 11.5 Å². The largest absolute Gasteiger partial charge is 0.508 e. The van der Waals surface area contributed by atoms with Crippen molar-refractivity contribution in [1.29, 1.82) is 0 Å². The number of phenolic OH excluding ortho intramolecular Hbond substituents is 1. The molecule has 0 aliphatic heterocycles. The molecule has 2 aromatic carbocycles. The number of amides is 1. The van der Waals surface area contributed by atoms with Crippen LogP contribution >= 0.6 is 11.6 Å². The summed E-state index contributed by atoms with van der Waals surface area (Å²) in [5.74, 6) is 0.511. The van der Waals surface area contributed by atoms with Crippen molar-refractivity contribution in [3.8, 4) is 11.5 Å². The normalized spacial score (nSPS) is 10.1. The average molecular weight is 292 g/mol. The van der Waals surface area contributed by atoms with Gasteiger partial charge in [0.2, 0.25) is 5.91 Å². The van der Waals surface area contributed by atoms with E-state index in [1.807, 2.05) is 0 Å². The van der Waals surface area contributed by atoms with Gasteiger partial charge in [0.15, 0.2) is 0 Å². The lowest BCUT2D eigenvalue weighted by Gasteiger charge is -2.08. The van der Waals surface area contributed by atoms with Gasteiger partial charge in [-0.05, 0) is 35.9 Å². The Bertz CT molecular complexity index is 628. The molecule has 0 unspecified atom stereocenters. The zero-order chi connectivity index (χ0) is 14.5. The monoisotopic (exact) mass is 291 g/mol. The van der Waals surface area contributed by atoms with Crippen molar-refractivity contribution in [3.05, 3.63) is 53.1 Å². The predicted molar refractivity (Wildman–Crippen MR) is 78.4 cm³/mol. The zero-order valence-corrected chi connectivity index (χ0v) is 11.6. The predicted octanol–water partition coefficient (Wildman–Crippen LogP) is 3.24. The quantitative estimate of drug-likeness (QED) is 0.909. The fourth-order valence-corrected chi connectivity index (χ4v) is 2.06. The first-order valence-electron chi connectivity index (χ1n) is 6.00. The van der Waals surface area contributed by atoms with Crippen molar-refractivity contribution in [2.45, 2.75) is 6.42 Å². The number of benzene rings is 2. The fraction of sp³-hybridized carbons (Fsp3) is 0.133. The van der Waals surface area contributed by atoms with Crippen LogP contribution in [0.4, 0.5) is 5.69 Å². The summed E-state index contributed by atoms with van der Waals surface area (Å²) >= 11 is 5.98. The van der Waals surface area contributed by atoms with E-state index in [0.717, 1.165) is 5.56 Å². The van der Waals surface area contributed by atoms with Crippen LogP contribution in [0.1, 0.15) is 5.56 Å². The molecule has 0 aliphatic carbocycles. The molecule has 4 nitrogen and oxygen atoms in total. The Hall–Kier alpha value is -2.20. The number of hydrogen-bond donors (Lipinski definition) is 2. The molecule has 104 valence electrons. The summed E-state index contributed by atoms with van der Waals surface area (Å²) < 4.78 is 5.04. The molecule has 20 heavy (non-hydrogen) atoms. The second-order valence-corrected chi connectivity index (χ2v) is 4.65. The van der Waals surface area contributed by atoms with E-state index in [0.29, 0.717) is 16.5 Å². The van der Waals surface area contributed by atoms with E-state index < -0.39 is 0 Å². The zero-order valence-electron chi connectivity index (χ0n) is 10.9. The van der Waals surface area contributed by atoms with Gasteiger partial charge < -0.3 is 15.2 Å². The van der Waals surface area contributed by atoms with Crippen LogP contribution in [-0.2, 0) is 11.2 Å². The average Bonchev–Trinajstić information content (AvgIpc) is 2.38. The Labute approximate surface area is 122 Å². The second kappa shape index (κ2) is 6.30. The third-order valence-corrected chi connectivity index (χ3v) is 3.01. The summed E-state index contributed by atoms with van der Waals surface area (Å²) in [7, 11) is 1.53. The van der Waals surface area contributed by atoms with Crippen LogP contribution in [0, 0.1) is 0 Å². The molecule has 0 radical (unpaired) electrons. The van der Waals surface area contributed by atoms with Crippen molar-refractivity contribution < 1.29 is 14.6 Å². The summed E-state index contributed by atoms with van der Waals surface area (Å²) in [6, 6.07) is 11.6. The summed E-state index contributed by atoms with van der Waals surface area (Å²) in [5.41, 5.74) is 1.34. The molecule has 0 saturated carbocycles. The van der Waals surface area contributed by atoms with Crippen LogP contribution in [0.5, 0.6) is 11.5 Å². The molecule has 0 aliphatic rings. The molecule has 2 rings (SSSR count). The highest BCUT2D eigenvalue weighted by Crippen LogP contribution is 2.27. The Morgan fingerprint density at radius 1 is 1.30 bits per heavy atom. The number of carbonyl (C=O) groups excluding carboxylic acids is 1. The minimum Gasteiger partial charge on any atom is -0.508 e. The molecule has 0 fully saturated rings. The molecule has 0 bridgehead atoms. The third kappa shape index (κ3) is 3.65. The van der Waals surface area contributed by atoms with Gasteiger partial charge >= 0.3 is 0 Å². The molecule has 5 heteroatoms. The van der Waals surface area contributed by atoms with E-state index in [1.165, 1.54) is 7.11 Å². The van der Waals surface area contributed by atoms with E-state index in [-0.39, 0.29) is 18.1 Å². The second-order valence-electron chi connectivity index (χ2n) is 4.24. The van der Waals surface area contributed by atoms with Gasteiger partial charge in [-0.15, -0.1) is 0 Å². The van der Waals surface area contributed by atoms with Crippen LogP contribution < -0.4 is 10.1 Å². The highest BCUT2D eigenvalue weighted by Gasteiger charge is 2.07. The number of ether oxygens (including phenoxy) is 1. The van der Waals surface area contributed by atoms with Gasteiger partial charge in [0.05, 0.1) is 18.6 Å². The van der Waals surface area contributed by atoms with E-state index in [2.05, 4.69) is 5.32 Å². The van der Waals surface area contributed by atoms with Crippen molar-refractivity contribution in [2.75, 3.05) is 12.4 Å². The summed E-state index contributed by atoms with van der Waals surface area (Å²) in [6.45, 7) is 0. The van der Waals surface area contributed by atoms with Gasteiger partial charge in [0, 0.05) is 5.69 Å². The minimum absolute atomic E-state index is 0.141. The smallest absolute Gasteiger partial charge is 0.228 e. The Kier molecular flexibility index (Phi) is 4.48. The maximum atomic E-state index is 11.9. The van der Waals surface area contributed by atoms with Gasteiger partial charge in [-0.1, -0.05) is 23.7 Å². The minimum atomic E-state index is -0.183. The Morgan fingerprint density at radius 3 is 2.75 bits per heavy atom. The number of aromatic hydroxyl groups is 1. The van der Waals surface area contributed by atoms with Gasteiger partial charge in [-0.3, -0.25) is 4.79 Å². The number of anilines is 1. The summed E-state index contributed by atoms with van der Waals surface area (Å²) in [6.07, 6.45) is 0.179. The lowest BCUT2D eigenvalue weighted by molar-refractivity contribution is -0.115. The highest BCUT2D eigenvalue weighted by atomic mass is 35.5. The Morgan fingerprint density at radius 2 is 2.10 bits per heavy atom. The number of carbonyl (C=O) groups is 1. The van der Waals surface area contributed by atoms with E-state index in [4.69, 9.17) is 16.3 Å². The Balaban J connectivity index is 2.03. The van der Waals surface area contributed by atoms with E-state index in [9.17, 15) is 9.90 Å². The van der Waals surface area contributed by atoms with Crippen LogP contribution in [0.25, 0.3) is 0 Å². The van der Waals surface area contributed by atoms with Crippen molar-refractivity contribution in [3.63, 3.8) is 0 Å². The van der Waals surface area contributed by atoms with Crippen molar-refractivity contribution in [2.24, 2.45) is 0 Å². The molecule has 0 heterocycles. The number of nitrogens with one attached hydrogen (secondary N) is 1. The lowest BCUT2D eigenvalue weighted by Crippen LogP contribution is -2.14. The SMILES string of the molecule is COc1ccc(NC(=O)Cc2cccc(O)c2)cc1Cl. The molecule has 1 amide bonds. The van der Waals surface area contributed by atoms with Gasteiger partial charge in [0.25, 0.3) is 0 Å². The maximum absolute atomic E-state index is 11.9. The number of hydrogen-bond acceptors (Lipinski definition) is 3. The van der Waals surface area contributed by atoms with E-state index in [1.54, 1.807) is 42.5 Å². The van der Waals surface area contributed by atoms with Crippen LogP contribution in [-0.4, -0.2) is 18.1 Å². The third-order valence-electron chi connectivity index (χ3n) is 2.71. The van der Waals surface area contributed by atoms with Crippen molar-refractivity contribution in [1.82, 2.24) is 0 Å². The number of rotatable bonds is 4. The highest BCUT2D eigenvalue weighted by molar-refractivity contribution is 6.32. The van der Waals surface area contributed by atoms with Gasteiger partial charge in [-0.25, -0.2) is 0 Å². The summed E-state index contributed by atoms with van der Waals surface area (Å²) in [5, 5.41) is 12.5. The molecular weight excluding hydrogens is 278 g/mol. The molecule has 0 spiro atoms. The first-order valence-corrected chi connectivity index (χ1v) is 6.37. The molecule has 0 saturated heterocycles. The molecule has 0 aromatic heterocycles. The molecule has 2 aromatic rings. The van der Waals surface area contributed by atoms with E-state index >= 15 is 0 Å². The standard InChI is InChI=1S/C15H14ClNO3/c1-20-14-6-5-11(9-13(14)16)17-15(19)8-10-3-2-4-12(18)7-10/h2-7,9,18H,8H2,1H3,(H,17,19). The van der Waals surface area contributed by atoms with Crippen LogP contribution in [0.2, 0.25) is 5.02 Å². The first kappa shape index (κ1) is 14.2. The maximum Gasteiger partial charge on any atom is 0.228 e. The van der Waals surface area contributed by atoms with Crippen LogP contribution in [0.15, 0.2) is 42.5 Å². The lowest BCUT2D eigenvalue weighted by atomic mass is 10.1. The number of halogens is 1. The first-order chi connectivity index (χ1) is 9.58. The summed E-state index contributed by atoms with van der Waals surface area (Å²) in [4.78, 5) is 11.9. The molecular formula is C15H14ClNO3. The molecule has 0 atom stereocenters. The fourth-order valence-electron chi connectivity index (χ4n) is 1.80. The topological polar surface area (TPSA) is 58.6 Å². The van der Waals surface area contributed by atoms with Gasteiger partial charge in [-0.2, -0.15) is 0 Å².